The van der Waals surface area contributed by atoms with Crippen LogP contribution < -0.4 is 10.6 Å². The van der Waals surface area contributed by atoms with E-state index in [-0.39, 0.29) is 11.6 Å². The maximum absolute atomic E-state index is 9.77. The van der Waals surface area contributed by atoms with Crippen LogP contribution in [0.3, 0.4) is 0 Å². The Hall–Kier alpha value is -2.17. The fourth-order valence-electron chi connectivity index (χ4n) is 1.47. The predicted molar refractivity (Wildman–Crippen MR) is 62.3 cm³/mol. The molecule has 2 rings (SSSR count). The second kappa shape index (κ2) is 3.77. The van der Waals surface area contributed by atoms with E-state index in [2.05, 4.69) is 5.16 Å². The Labute approximate surface area is 93.1 Å². The first-order valence-corrected chi connectivity index (χ1v) is 4.80. The van der Waals surface area contributed by atoms with Crippen LogP contribution in [0.2, 0.25) is 0 Å². The largest absolute Gasteiger partial charge is 0.507 e. The van der Waals surface area contributed by atoms with Gasteiger partial charge in [-0.3, -0.25) is 0 Å². The zero-order chi connectivity index (χ0) is 11.7. The van der Waals surface area contributed by atoms with Gasteiger partial charge in [-0.1, -0.05) is 5.16 Å². The maximum Gasteiger partial charge on any atom is 0.230 e. The van der Waals surface area contributed by atoms with Crippen molar-refractivity contribution in [2.45, 2.75) is 0 Å². The zero-order valence-corrected chi connectivity index (χ0v) is 9.14. The highest BCUT2D eigenvalue weighted by atomic mass is 16.5. The molecule has 0 saturated carbocycles. The number of hydrogen-bond donors (Lipinski definition) is 2. The van der Waals surface area contributed by atoms with Crippen LogP contribution in [0.5, 0.6) is 5.75 Å². The van der Waals surface area contributed by atoms with E-state index in [4.69, 9.17) is 10.3 Å². The third kappa shape index (κ3) is 1.67. The molecule has 0 unspecified atom stereocenters. The summed E-state index contributed by atoms with van der Waals surface area (Å²) in [4.78, 5) is 1.94. The molecule has 0 atom stereocenters. The van der Waals surface area contributed by atoms with Gasteiger partial charge in [-0.25, -0.2) is 0 Å². The molecule has 5 nitrogen and oxygen atoms in total. The van der Waals surface area contributed by atoms with Crippen LogP contribution in [0.1, 0.15) is 0 Å². The van der Waals surface area contributed by atoms with Crippen molar-refractivity contribution < 1.29 is 9.63 Å². The normalized spacial score (nSPS) is 10.4. The smallest absolute Gasteiger partial charge is 0.230 e. The minimum absolute atomic E-state index is 0.153. The number of aromatic nitrogens is 1. The highest BCUT2D eigenvalue weighted by Gasteiger charge is 2.12. The summed E-state index contributed by atoms with van der Waals surface area (Å²) >= 11 is 0. The summed E-state index contributed by atoms with van der Waals surface area (Å²) in [5.41, 5.74) is 7.79. The van der Waals surface area contributed by atoms with E-state index in [0.29, 0.717) is 11.1 Å². The van der Waals surface area contributed by atoms with Crippen molar-refractivity contribution >= 4 is 11.6 Å². The lowest BCUT2D eigenvalue weighted by atomic mass is 10.1. The van der Waals surface area contributed by atoms with Crippen molar-refractivity contribution in [2.75, 3.05) is 24.7 Å². The van der Waals surface area contributed by atoms with Gasteiger partial charge in [0.15, 0.2) is 0 Å². The molecule has 0 amide bonds. The van der Waals surface area contributed by atoms with Crippen molar-refractivity contribution in [1.82, 2.24) is 5.16 Å². The van der Waals surface area contributed by atoms with Gasteiger partial charge in [-0.2, -0.15) is 0 Å². The van der Waals surface area contributed by atoms with Crippen LogP contribution in [0.25, 0.3) is 11.1 Å². The molecule has 0 aliphatic heterocycles. The average molecular weight is 219 g/mol. The molecule has 0 fully saturated rings. The Morgan fingerprint density at radius 1 is 1.31 bits per heavy atom. The molecule has 84 valence electrons. The molecule has 5 heteroatoms. The van der Waals surface area contributed by atoms with Crippen LogP contribution in [-0.2, 0) is 0 Å². The molecule has 16 heavy (non-hydrogen) atoms. The Morgan fingerprint density at radius 2 is 2.06 bits per heavy atom. The Morgan fingerprint density at radius 3 is 2.62 bits per heavy atom. The summed E-state index contributed by atoms with van der Waals surface area (Å²) in [5, 5.41) is 13.4. The number of hydrogen-bond acceptors (Lipinski definition) is 5. The summed E-state index contributed by atoms with van der Waals surface area (Å²) in [7, 11) is 3.85. The quantitative estimate of drug-likeness (QED) is 0.803. The number of rotatable bonds is 2. The third-order valence-corrected chi connectivity index (χ3v) is 2.39. The number of nitrogens with zero attached hydrogens (tertiary/aromatic N) is 2. The molecule has 1 aromatic carbocycles. The Bertz CT molecular complexity index is 506. The summed E-state index contributed by atoms with van der Waals surface area (Å²) in [6.07, 6.45) is 1.49. The van der Waals surface area contributed by atoms with Crippen molar-refractivity contribution in [3.05, 3.63) is 24.4 Å². The molecule has 0 aliphatic rings. The van der Waals surface area contributed by atoms with Crippen LogP contribution in [0.4, 0.5) is 11.6 Å². The van der Waals surface area contributed by atoms with E-state index in [0.717, 1.165) is 5.69 Å². The SMILES string of the molecule is CN(C)c1ccc(O)c(-c2cnoc2N)c1. The minimum atomic E-state index is 0.153. The van der Waals surface area contributed by atoms with E-state index < -0.39 is 0 Å². The van der Waals surface area contributed by atoms with Gasteiger partial charge in [0.2, 0.25) is 5.88 Å². The topological polar surface area (TPSA) is 75.5 Å². The molecule has 0 saturated heterocycles. The molecule has 0 spiro atoms. The zero-order valence-electron chi connectivity index (χ0n) is 9.14. The van der Waals surface area contributed by atoms with Gasteiger partial charge >= 0.3 is 0 Å². The van der Waals surface area contributed by atoms with Gasteiger partial charge in [0, 0.05) is 25.3 Å². The van der Waals surface area contributed by atoms with Crippen LogP contribution in [0.15, 0.2) is 28.9 Å². The average Bonchev–Trinajstić information content (AvgIpc) is 2.65. The summed E-state index contributed by atoms with van der Waals surface area (Å²) in [5.74, 6) is 0.353. The van der Waals surface area contributed by atoms with Gasteiger partial charge in [-0.05, 0) is 18.2 Å². The highest BCUT2D eigenvalue weighted by Crippen LogP contribution is 2.35. The number of phenols is 1. The fourth-order valence-corrected chi connectivity index (χ4v) is 1.47. The number of anilines is 2. The third-order valence-electron chi connectivity index (χ3n) is 2.39. The van der Waals surface area contributed by atoms with Gasteiger partial charge < -0.3 is 20.3 Å². The first-order chi connectivity index (χ1) is 7.59. The fraction of sp³-hybridized carbons (Fsp3) is 0.182. The lowest BCUT2D eigenvalue weighted by molar-refractivity contribution is 0.436. The molecular formula is C11H13N3O2. The summed E-state index contributed by atoms with van der Waals surface area (Å²) < 4.78 is 4.78. The van der Waals surface area contributed by atoms with Gasteiger partial charge in [0.25, 0.3) is 0 Å². The monoisotopic (exact) mass is 219 g/mol. The van der Waals surface area contributed by atoms with Crippen LogP contribution >= 0.6 is 0 Å². The van der Waals surface area contributed by atoms with Crippen molar-refractivity contribution in [2.24, 2.45) is 0 Å². The first kappa shape index (κ1) is 10.4. The second-order valence-electron chi connectivity index (χ2n) is 3.70. The summed E-state index contributed by atoms with van der Waals surface area (Å²) in [6, 6.07) is 5.28. The molecule has 1 heterocycles. The first-order valence-electron chi connectivity index (χ1n) is 4.80. The number of phenolic OH excluding ortho intramolecular Hbond substituents is 1. The minimum Gasteiger partial charge on any atom is -0.507 e. The highest BCUT2D eigenvalue weighted by molar-refractivity contribution is 5.79. The second-order valence-corrected chi connectivity index (χ2v) is 3.70. The number of nitrogen functional groups attached to an aromatic ring is 1. The van der Waals surface area contributed by atoms with Gasteiger partial charge in [0.1, 0.15) is 5.75 Å². The molecule has 0 bridgehead atoms. The van der Waals surface area contributed by atoms with E-state index in [1.54, 1.807) is 6.07 Å². The van der Waals surface area contributed by atoms with Gasteiger partial charge in [-0.15, -0.1) is 0 Å². The molecule has 1 aromatic heterocycles. The van der Waals surface area contributed by atoms with Crippen molar-refractivity contribution in [1.29, 1.82) is 0 Å². The lowest BCUT2D eigenvalue weighted by Crippen LogP contribution is -2.08. The van der Waals surface area contributed by atoms with Crippen LogP contribution in [0, 0.1) is 0 Å². The van der Waals surface area contributed by atoms with E-state index in [1.807, 2.05) is 31.1 Å². The number of nitrogens with two attached hydrogens (primary N) is 1. The molecule has 0 radical (unpaired) electrons. The van der Waals surface area contributed by atoms with Gasteiger partial charge in [0.05, 0.1) is 11.8 Å². The van der Waals surface area contributed by atoms with Crippen molar-refractivity contribution in [3.63, 3.8) is 0 Å². The van der Waals surface area contributed by atoms with E-state index >= 15 is 0 Å². The van der Waals surface area contributed by atoms with E-state index in [1.165, 1.54) is 6.20 Å². The standard InChI is InChI=1S/C11H13N3O2/c1-14(2)7-3-4-10(15)8(5-7)9-6-13-16-11(9)12/h3-6,15H,12H2,1-2H3. The number of aromatic hydroxyl groups is 1. The Balaban J connectivity index is 2.56. The molecular weight excluding hydrogens is 206 g/mol. The Kier molecular flexibility index (Phi) is 2.44. The molecule has 3 N–H and O–H groups in total. The maximum atomic E-state index is 9.77. The lowest BCUT2D eigenvalue weighted by Gasteiger charge is -2.14. The molecule has 2 aromatic rings. The molecule has 0 aliphatic carbocycles. The van der Waals surface area contributed by atoms with Crippen molar-refractivity contribution in [3.8, 4) is 16.9 Å². The number of benzene rings is 1. The summed E-state index contributed by atoms with van der Waals surface area (Å²) in [6.45, 7) is 0. The van der Waals surface area contributed by atoms with Crippen LogP contribution in [-0.4, -0.2) is 24.4 Å². The van der Waals surface area contributed by atoms with E-state index in [9.17, 15) is 5.11 Å². The predicted octanol–water partition coefficient (Wildman–Crippen LogP) is 1.70.